The largest absolute Gasteiger partial charge is 0.338 e. The third-order valence-corrected chi connectivity index (χ3v) is 5.83. The highest BCUT2D eigenvalue weighted by molar-refractivity contribution is 5.94. The maximum Gasteiger partial charge on any atom is 0.331 e. The first kappa shape index (κ1) is 22.4. The first-order valence-corrected chi connectivity index (χ1v) is 10.6. The first-order valence-electron chi connectivity index (χ1n) is 10.6. The number of carbonyl (C=O) groups excluding carboxylic acids is 2. The summed E-state index contributed by atoms with van der Waals surface area (Å²) in [5.74, 6) is -2.89. The van der Waals surface area contributed by atoms with Gasteiger partial charge in [0.2, 0.25) is 5.91 Å². The Morgan fingerprint density at radius 2 is 1.55 bits per heavy atom. The number of carbonyl (C=O) groups is 2. The van der Waals surface area contributed by atoms with E-state index in [2.05, 4.69) is 0 Å². The molecule has 1 fully saturated rings. The molecule has 1 aliphatic rings. The van der Waals surface area contributed by atoms with Crippen LogP contribution in [0, 0.1) is 11.6 Å². The number of benzene rings is 2. The van der Waals surface area contributed by atoms with Crippen molar-refractivity contribution in [2.75, 3.05) is 26.2 Å². The lowest BCUT2D eigenvalue weighted by atomic mass is 10.1. The molecule has 33 heavy (non-hydrogen) atoms. The average molecular weight is 456 g/mol. The smallest absolute Gasteiger partial charge is 0.331 e. The predicted molar refractivity (Wildman–Crippen MR) is 117 cm³/mol. The summed E-state index contributed by atoms with van der Waals surface area (Å²) in [6.45, 7) is 2.52. The van der Waals surface area contributed by atoms with E-state index in [1.165, 1.54) is 20.4 Å². The van der Waals surface area contributed by atoms with Gasteiger partial charge < -0.3 is 9.80 Å². The molecule has 172 valence electrons. The number of para-hydroxylation sites is 1. The molecule has 1 aliphatic heterocycles. The minimum absolute atomic E-state index is 0.0357. The standard InChI is InChI=1S/C23H22F2N4O4/c1-2-28-22(32)16-5-3-4-6-19(16)29(23(28)33)14-20(30)26-9-11-27(12-10-26)21(31)15-7-8-17(24)18(25)13-15/h3-8,13H,2,9-12,14H2,1H3. The van der Waals surface area contributed by atoms with E-state index in [4.69, 9.17) is 0 Å². The number of rotatable bonds is 4. The second-order valence-electron chi connectivity index (χ2n) is 7.74. The van der Waals surface area contributed by atoms with Crippen molar-refractivity contribution in [2.45, 2.75) is 20.0 Å². The van der Waals surface area contributed by atoms with Gasteiger partial charge in [-0.1, -0.05) is 12.1 Å². The Hall–Kier alpha value is -3.82. The minimum Gasteiger partial charge on any atom is -0.338 e. The molecule has 2 heterocycles. The van der Waals surface area contributed by atoms with Crippen LogP contribution in [0.15, 0.2) is 52.1 Å². The highest BCUT2D eigenvalue weighted by Crippen LogP contribution is 2.14. The number of fused-ring (bicyclic) bond motifs is 1. The summed E-state index contributed by atoms with van der Waals surface area (Å²) in [5, 5.41) is 0.355. The van der Waals surface area contributed by atoms with Crippen molar-refractivity contribution in [3.8, 4) is 0 Å². The van der Waals surface area contributed by atoms with Gasteiger partial charge in [0.25, 0.3) is 11.5 Å². The van der Waals surface area contributed by atoms with Gasteiger partial charge in [-0.15, -0.1) is 0 Å². The summed E-state index contributed by atoms with van der Waals surface area (Å²) in [7, 11) is 0. The van der Waals surface area contributed by atoms with Crippen molar-refractivity contribution in [3.05, 3.63) is 80.5 Å². The van der Waals surface area contributed by atoms with Crippen LogP contribution in [0.4, 0.5) is 8.78 Å². The van der Waals surface area contributed by atoms with E-state index >= 15 is 0 Å². The van der Waals surface area contributed by atoms with Crippen LogP contribution >= 0.6 is 0 Å². The van der Waals surface area contributed by atoms with Gasteiger partial charge in [0.05, 0.1) is 10.9 Å². The number of aromatic nitrogens is 2. The Balaban J connectivity index is 1.50. The Bertz CT molecular complexity index is 1360. The van der Waals surface area contributed by atoms with Crippen molar-refractivity contribution in [2.24, 2.45) is 0 Å². The highest BCUT2D eigenvalue weighted by Gasteiger charge is 2.26. The van der Waals surface area contributed by atoms with Crippen molar-refractivity contribution in [1.29, 1.82) is 0 Å². The van der Waals surface area contributed by atoms with Gasteiger partial charge >= 0.3 is 5.69 Å². The maximum atomic E-state index is 13.5. The summed E-state index contributed by atoms with van der Waals surface area (Å²) >= 11 is 0. The average Bonchev–Trinajstić information content (AvgIpc) is 2.83. The van der Waals surface area contributed by atoms with Gasteiger partial charge in [-0.25, -0.2) is 13.6 Å². The Kier molecular flexibility index (Phi) is 6.08. The van der Waals surface area contributed by atoms with Crippen LogP contribution in [0.2, 0.25) is 0 Å². The summed E-state index contributed by atoms with van der Waals surface area (Å²) in [6.07, 6.45) is 0. The number of amides is 2. The van der Waals surface area contributed by atoms with Crippen molar-refractivity contribution >= 4 is 22.7 Å². The molecule has 2 aromatic carbocycles. The molecule has 1 saturated heterocycles. The minimum atomic E-state index is -1.10. The molecule has 8 nitrogen and oxygen atoms in total. The number of halogens is 2. The molecule has 0 spiro atoms. The van der Waals surface area contributed by atoms with Crippen LogP contribution in [0.3, 0.4) is 0 Å². The Morgan fingerprint density at radius 1 is 0.879 bits per heavy atom. The zero-order chi connectivity index (χ0) is 23.7. The normalized spacial score (nSPS) is 14.0. The third-order valence-electron chi connectivity index (χ3n) is 5.83. The van der Waals surface area contributed by atoms with E-state index in [1.807, 2.05) is 0 Å². The molecule has 3 aromatic rings. The van der Waals surface area contributed by atoms with Crippen molar-refractivity contribution in [3.63, 3.8) is 0 Å². The second kappa shape index (κ2) is 8.97. The Morgan fingerprint density at radius 3 is 2.21 bits per heavy atom. The molecule has 0 atom stereocenters. The first-order chi connectivity index (χ1) is 15.8. The number of nitrogens with zero attached hydrogens (tertiary/aromatic N) is 4. The van der Waals surface area contributed by atoms with Gasteiger partial charge in [0.1, 0.15) is 6.54 Å². The molecule has 0 unspecified atom stereocenters. The van der Waals surface area contributed by atoms with Crippen LogP contribution in [0.25, 0.3) is 10.9 Å². The predicted octanol–water partition coefficient (Wildman–Crippen LogP) is 1.45. The molecule has 0 saturated carbocycles. The lowest BCUT2D eigenvalue weighted by Crippen LogP contribution is -2.52. The molecular weight excluding hydrogens is 434 g/mol. The van der Waals surface area contributed by atoms with E-state index in [9.17, 15) is 28.0 Å². The highest BCUT2D eigenvalue weighted by atomic mass is 19.2. The van der Waals surface area contributed by atoms with Crippen LogP contribution in [-0.4, -0.2) is 56.9 Å². The zero-order valence-electron chi connectivity index (χ0n) is 18.0. The SMILES string of the molecule is CCn1c(=O)c2ccccc2n(CC(=O)N2CCN(C(=O)c3ccc(F)c(F)c3)CC2)c1=O. The fraction of sp³-hybridized carbons (Fsp3) is 0.304. The monoisotopic (exact) mass is 456 g/mol. The van der Waals surface area contributed by atoms with E-state index in [-0.39, 0.29) is 50.7 Å². The quantitative estimate of drug-likeness (QED) is 0.595. The van der Waals surface area contributed by atoms with Gasteiger partial charge in [-0.3, -0.25) is 23.5 Å². The van der Waals surface area contributed by atoms with Gasteiger partial charge in [0, 0.05) is 38.3 Å². The van der Waals surface area contributed by atoms with Crippen LogP contribution in [-0.2, 0) is 17.9 Å². The molecule has 0 radical (unpaired) electrons. The van der Waals surface area contributed by atoms with E-state index in [0.717, 1.165) is 16.7 Å². The van der Waals surface area contributed by atoms with E-state index in [1.54, 1.807) is 31.2 Å². The number of hydrogen-bond donors (Lipinski definition) is 0. The van der Waals surface area contributed by atoms with E-state index < -0.39 is 28.8 Å². The maximum absolute atomic E-state index is 13.5. The molecule has 1 aromatic heterocycles. The van der Waals surface area contributed by atoms with Crippen LogP contribution < -0.4 is 11.2 Å². The fourth-order valence-corrected chi connectivity index (χ4v) is 4.01. The topological polar surface area (TPSA) is 84.6 Å². The molecule has 0 bridgehead atoms. The lowest BCUT2D eigenvalue weighted by Gasteiger charge is -2.35. The van der Waals surface area contributed by atoms with Crippen LogP contribution in [0.5, 0.6) is 0 Å². The second-order valence-corrected chi connectivity index (χ2v) is 7.74. The molecule has 0 aliphatic carbocycles. The van der Waals surface area contributed by atoms with Gasteiger partial charge in [-0.2, -0.15) is 0 Å². The fourth-order valence-electron chi connectivity index (χ4n) is 4.01. The molecule has 2 amide bonds. The number of piperazine rings is 1. The Labute approximate surface area is 187 Å². The third kappa shape index (κ3) is 4.15. The zero-order valence-corrected chi connectivity index (χ0v) is 18.0. The van der Waals surface area contributed by atoms with Gasteiger partial charge in [0.15, 0.2) is 11.6 Å². The number of hydrogen-bond acceptors (Lipinski definition) is 4. The van der Waals surface area contributed by atoms with E-state index in [0.29, 0.717) is 10.9 Å². The van der Waals surface area contributed by atoms with Gasteiger partial charge in [-0.05, 0) is 37.3 Å². The van der Waals surface area contributed by atoms with Crippen LogP contribution in [0.1, 0.15) is 17.3 Å². The summed E-state index contributed by atoms with van der Waals surface area (Å²) < 4.78 is 29.0. The molecular formula is C23H22F2N4O4. The molecule has 4 rings (SSSR count). The summed E-state index contributed by atoms with van der Waals surface area (Å²) in [6, 6.07) is 9.62. The molecule has 0 N–H and O–H groups in total. The molecule has 10 heteroatoms. The van der Waals surface area contributed by atoms with Crippen molar-refractivity contribution < 1.29 is 18.4 Å². The summed E-state index contributed by atoms with van der Waals surface area (Å²) in [5.41, 5.74) is -0.529. The lowest BCUT2D eigenvalue weighted by molar-refractivity contribution is -0.133. The van der Waals surface area contributed by atoms with Crippen molar-refractivity contribution in [1.82, 2.24) is 18.9 Å². The summed E-state index contributed by atoms with van der Waals surface area (Å²) in [4.78, 5) is 53.9.